The van der Waals surface area contributed by atoms with E-state index in [1.54, 1.807) is 24.3 Å². The van der Waals surface area contributed by atoms with Crippen LogP contribution in [0.3, 0.4) is 0 Å². The number of nitrogens with two attached hydrogens (primary N) is 1. The molecule has 78 valence electrons. The molecule has 4 heteroatoms. The molecule has 1 atom stereocenters. The van der Waals surface area contributed by atoms with E-state index in [1.165, 1.54) is 0 Å². The topological polar surface area (TPSA) is 55.1 Å². The van der Waals surface area contributed by atoms with Gasteiger partial charge in [-0.2, -0.15) is 0 Å². The predicted molar refractivity (Wildman–Crippen MR) is 60.1 cm³/mol. The second kappa shape index (κ2) is 5.12. The summed E-state index contributed by atoms with van der Waals surface area (Å²) in [4.78, 5) is 0.764. The number of benzene rings is 1. The molecule has 3 N–H and O–H groups in total. The summed E-state index contributed by atoms with van der Waals surface area (Å²) in [5.74, 6) is 0.493. The molecule has 0 amide bonds. The molecule has 0 spiro atoms. The van der Waals surface area contributed by atoms with Crippen LogP contribution in [0.15, 0.2) is 29.2 Å². The van der Waals surface area contributed by atoms with E-state index in [1.807, 2.05) is 0 Å². The molecule has 14 heavy (non-hydrogen) atoms. The molecule has 0 saturated carbocycles. The minimum Gasteiger partial charge on any atom is -0.399 e. The molecule has 1 aromatic carbocycles. The Labute approximate surface area is 87.3 Å². The molecular weight excluding hydrogens is 196 g/mol. The van der Waals surface area contributed by atoms with Crippen LogP contribution < -0.4 is 10.5 Å². The third kappa shape index (κ3) is 3.47. The van der Waals surface area contributed by atoms with Crippen molar-refractivity contribution in [1.82, 2.24) is 4.72 Å². The average molecular weight is 212 g/mol. The van der Waals surface area contributed by atoms with E-state index in [4.69, 9.17) is 5.73 Å². The Kier molecular flexibility index (Phi) is 4.10. The van der Waals surface area contributed by atoms with Crippen molar-refractivity contribution in [3.63, 3.8) is 0 Å². The Morgan fingerprint density at radius 2 is 1.93 bits per heavy atom. The Bertz CT molecular complexity index is 308. The highest BCUT2D eigenvalue weighted by Crippen LogP contribution is 2.08. The van der Waals surface area contributed by atoms with Gasteiger partial charge in [0.15, 0.2) is 0 Å². The zero-order chi connectivity index (χ0) is 10.6. The summed E-state index contributed by atoms with van der Waals surface area (Å²) in [6.45, 7) is 4.90. The molecule has 0 radical (unpaired) electrons. The molecule has 1 unspecified atom stereocenters. The Morgan fingerprint density at radius 3 is 2.43 bits per heavy atom. The van der Waals surface area contributed by atoms with E-state index in [-0.39, 0.29) is 0 Å². The van der Waals surface area contributed by atoms with Crippen molar-refractivity contribution >= 4 is 16.7 Å². The lowest BCUT2D eigenvalue weighted by Crippen LogP contribution is -2.22. The second-order valence-corrected chi connectivity index (χ2v) is 4.88. The lowest BCUT2D eigenvalue weighted by Gasteiger charge is -2.06. The number of nitrogen functional groups attached to an aromatic ring is 1. The number of hydrogen-bond acceptors (Lipinski definition) is 2. The predicted octanol–water partition coefficient (Wildman–Crippen LogP) is 1.54. The van der Waals surface area contributed by atoms with Crippen LogP contribution in [0.4, 0.5) is 5.69 Å². The maximum atomic E-state index is 11.6. The Hall–Kier alpha value is -0.870. The average Bonchev–Trinajstić information content (AvgIpc) is 2.15. The van der Waals surface area contributed by atoms with Gasteiger partial charge in [-0.25, -0.2) is 8.93 Å². The zero-order valence-corrected chi connectivity index (χ0v) is 9.30. The molecule has 0 fully saturated rings. The lowest BCUT2D eigenvalue weighted by atomic mass is 10.2. The molecule has 0 aliphatic rings. The van der Waals surface area contributed by atoms with E-state index < -0.39 is 11.0 Å². The van der Waals surface area contributed by atoms with E-state index in [0.29, 0.717) is 11.6 Å². The summed E-state index contributed by atoms with van der Waals surface area (Å²) < 4.78 is 14.6. The maximum Gasteiger partial charge on any atom is 0.124 e. The van der Waals surface area contributed by atoms with Crippen LogP contribution in [-0.2, 0) is 11.0 Å². The van der Waals surface area contributed by atoms with Crippen LogP contribution in [0.25, 0.3) is 0 Å². The zero-order valence-electron chi connectivity index (χ0n) is 8.49. The minimum absolute atomic E-state index is 0.493. The van der Waals surface area contributed by atoms with Crippen molar-refractivity contribution in [1.29, 1.82) is 0 Å². The lowest BCUT2D eigenvalue weighted by molar-refractivity contribution is 0.616. The summed E-state index contributed by atoms with van der Waals surface area (Å²) in [5.41, 5.74) is 6.22. The normalized spacial score (nSPS) is 13.1. The molecule has 0 heterocycles. The van der Waals surface area contributed by atoms with Gasteiger partial charge < -0.3 is 5.73 Å². The van der Waals surface area contributed by atoms with Gasteiger partial charge in [-0.15, -0.1) is 0 Å². The van der Waals surface area contributed by atoms with E-state index in [0.717, 1.165) is 11.4 Å². The molecular formula is C10H16N2OS. The molecule has 3 nitrogen and oxygen atoms in total. The summed E-state index contributed by atoms with van der Waals surface area (Å²) in [5, 5.41) is 0. The monoisotopic (exact) mass is 212 g/mol. The highest BCUT2D eigenvalue weighted by molar-refractivity contribution is 7.83. The van der Waals surface area contributed by atoms with Crippen LogP contribution in [0.1, 0.15) is 13.8 Å². The van der Waals surface area contributed by atoms with Gasteiger partial charge in [0.05, 0.1) is 4.90 Å². The van der Waals surface area contributed by atoms with Gasteiger partial charge in [0, 0.05) is 12.2 Å². The Morgan fingerprint density at radius 1 is 1.36 bits per heavy atom. The van der Waals surface area contributed by atoms with Crippen molar-refractivity contribution in [2.75, 3.05) is 12.3 Å². The van der Waals surface area contributed by atoms with Crippen molar-refractivity contribution in [2.24, 2.45) is 5.92 Å². The summed E-state index contributed by atoms with van der Waals surface area (Å²) in [6, 6.07) is 7.06. The van der Waals surface area contributed by atoms with Gasteiger partial charge in [-0.3, -0.25) is 0 Å². The van der Waals surface area contributed by atoms with E-state index in [9.17, 15) is 4.21 Å². The van der Waals surface area contributed by atoms with Crippen molar-refractivity contribution < 1.29 is 4.21 Å². The van der Waals surface area contributed by atoms with Crippen molar-refractivity contribution in [3.8, 4) is 0 Å². The Balaban J connectivity index is 2.57. The van der Waals surface area contributed by atoms with Gasteiger partial charge in [0.25, 0.3) is 0 Å². The third-order valence-electron chi connectivity index (χ3n) is 1.72. The fraction of sp³-hybridized carbons (Fsp3) is 0.400. The summed E-state index contributed by atoms with van der Waals surface area (Å²) in [7, 11) is -1.12. The fourth-order valence-electron chi connectivity index (χ4n) is 0.917. The second-order valence-electron chi connectivity index (χ2n) is 3.58. The number of anilines is 1. The molecule has 1 rings (SSSR count). The fourth-order valence-corrected chi connectivity index (χ4v) is 1.95. The molecule has 1 aromatic rings. The van der Waals surface area contributed by atoms with Crippen LogP contribution in [0, 0.1) is 5.92 Å². The van der Waals surface area contributed by atoms with Crippen LogP contribution in [0.2, 0.25) is 0 Å². The maximum absolute atomic E-state index is 11.6. The summed E-state index contributed by atoms with van der Waals surface area (Å²) >= 11 is 0. The largest absolute Gasteiger partial charge is 0.399 e. The van der Waals surface area contributed by atoms with Gasteiger partial charge in [0.1, 0.15) is 11.0 Å². The number of hydrogen-bond donors (Lipinski definition) is 2. The number of rotatable bonds is 4. The van der Waals surface area contributed by atoms with Gasteiger partial charge in [-0.05, 0) is 30.2 Å². The highest BCUT2D eigenvalue weighted by Gasteiger charge is 2.03. The third-order valence-corrected chi connectivity index (χ3v) is 2.85. The molecule has 0 bridgehead atoms. The van der Waals surface area contributed by atoms with Crippen LogP contribution in [-0.4, -0.2) is 10.8 Å². The SMILES string of the molecule is CC(C)CNS(=O)c1ccc(N)cc1. The van der Waals surface area contributed by atoms with Crippen molar-refractivity contribution in [2.45, 2.75) is 18.7 Å². The van der Waals surface area contributed by atoms with Crippen LogP contribution in [0.5, 0.6) is 0 Å². The highest BCUT2D eigenvalue weighted by atomic mass is 32.2. The van der Waals surface area contributed by atoms with E-state index >= 15 is 0 Å². The van der Waals surface area contributed by atoms with Crippen molar-refractivity contribution in [3.05, 3.63) is 24.3 Å². The first kappa shape index (κ1) is 11.2. The number of nitrogens with one attached hydrogen (secondary N) is 1. The molecule has 0 aromatic heterocycles. The first-order valence-electron chi connectivity index (χ1n) is 4.60. The molecule has 0 aliphatic carbocycles. The first-order valence-corrected chi connectivity index (χ1v) is 5.75. The smallest absolute Gasteiger partial charge is 0.124 e. The van der Waals surface area contributed by atoms with Gasteiger partial charge in [0.2, 0.25) is 0 Å². The summed E-state index contributed by atoms with van der Waals surface area (Å²) in [6.07, 6.45) is 0. The minimum atomic E-state index is -1.12. The van der Waals surface area contributed by atoms with E-state index in [2.05, 4.69) is 18.6 Å². The van der Waals surface area contributed by atoms with Gasteiger partial charge >= 0.3 is 0 Å². The van der Waals surface area contributed by atoms with Crippen LogP contribution >= 0.6 is 0 Å². The quantitative estimate of drug-likeness (QED) is 0.744. The standard InChI is InChI=1S/C10H16N2OS/c1-8(2)7-12-14(13)10-5-3-9(11)4-6-10/h3-6,8,12H,7,11H2,1-2H3. The first-order chi connectivity index (χ1) is 6.59. The van der Waals surface area contributed by atoms with Gasteiger partial charge in [-0.1, -0.05) is 13.8 Å². The molecule has 0 aliphatic heterocycles. The molecule has 0 saturated heterocycles.